The van der Waals surface area contributed by atoms with E-state index in [0.717, 1.165) is 18.9 Å². The number of carbonyl (C=O) groups is 1. The summed E-state index contributed by atoms with van der Waals surface area (Å²) in [4.78, 5) is 12.0. The smallest absolute Gasteiger partial charge is 0.298 e. The molecule has 1 nitrogen and oxygen atoms in total. The van der Waals surface area contributed by atoms with Crippen LogP contribution in [0.15, 0.2) is 18.2 Å². The lowest BCUT2D eigenvalue weighted by atomic mass is 9.82. The van der Waals surface area contributed by atoms with Crippen LogP contribution in [-0.2, 0) is 15.3 Å². The van der Waals surface area contributed by atoms with Gasteiger partial charge in [-0.05, 0) is 30.5 Å². The molecule has 1 aliphatic rings. The molecule has 1 fully saturated rings. The molecule has 0 amide bonds. The molecule has 1 unspecified atom stereocenters. The van der Waals surface area contributed by atoms with E-state index in [-0.39, 0.29) is 10.8 Å². The predicted octanol–water partition coefficient (Wildman–Crippen LogP) is 5.09. The Labute approximate surface area is 122 Å². The van der Waals surface area contributed by atoms with Crippen molar-refractivity contribution in [3.8, 4) is 0 Å². The molecule has 1 saturated carbocycles. The maximum atomic E-state index is 12.8. The van der Waals surface area contributed by atoms with E-state index < -0.39 is 16.1 Å². The van der Waals surface area contributed by atoms with E-state index in [0.29, 0.717) is 18.4 Å². The fraction of sp³-hybridized carbons (Fsp3) is 0.462. The lowest BCUT2D eigenvalue weighted by molar-refractivity contribution is -0.137. The van der Waals surface area contributed by atoms with Gasteiger partial charge in [-0.1, -0.05) is 40.0 Å². The molecule has 2 rings (SSSR count). The molecular weight excluding hydrogens is 344 g/mol. The summed E-state index contributed by atoms with van der Waals surface area (Å²) < 4.78 is 37.5. The van der Waals surface area contributed by atoms with E-state index in [2.05, 4.69) is 15.9 Å². The number of rotatable bonds is 1. The molecule has 1 aromatic carbocycles. The van der Waals surface area contributed by atoms with Gasteiger partial charge in [0.15, 0.2) is 5.78 Å². The Morgan fingerprint density at radius 2 is 1.95 bits per heavy atom. The topological polar surface area (TPSA) is 17.1 Å². The van der Waals surface area contributed by atoms with Gasteiger partial charge in [-0.2, -0.15) is 13.2 Å². The fourth-order valence-electron chi connectivity index (χ4n) is 2.29. The highest BCUT2D eigenvalue weighted by molar-refractivity contribution is 9.10. The van der Waals surface area contributed by atoms with Crippen molar-refractivity contribution in [2.24, 2.45) is 0 Å². The Kier molecular flexibility index (Phi) is 3.98. The van der Waals surface area contributed by atoms with Gasteiger partial charge in [-0.15, -0.1) is 0 Å². The molecule has 1 atom stereocenters. The number of halogens is 5. The molecule has 0 aromatic heterocycles. The number of hydrogen-bond donors (Lipinski definition) is 0. The van der Waals surface area contributed by atoms with Crippen LogP contribution in [0.4, 0.5) is 13.2 Å². The molecule has 0 heterocycles. The van der Waals surface area contributed by atoms with Gasteiger partial charge in [0, 0.05) is 6.42 Å². The summed E-state index contributed by atoms with van der Waals surface area (Å²) in [7, 11) is 0. The quantitative estimate of drug-likeness (QED) is 0.641. The molecule has 0 radical (unpaired) electrons. The Balaban J connectivity index is 2.49. The monoisotopic (exact) mass is 354 g/mol. The summed E-state index contributed by atoms with van der Waals surface area (Å²) >= 11 is 8.92. The second kappa shape index (κ2) is 5.09. The van der Waals surface area contributed by atoms with E-state index >= 15 is 0 Å². The van der Waals surface area contributed by atoms with E-state index in [1.165, 1.54) is 12.1 Å². The third-order valence-corrected chi connectivity index (χ3v) is 4.97. The van der Waals surface area contributed by atoms with Gasteiger partial charge in [0.1, 0.15) is 4.32 Å². The normalized spacial score (nSPS) is 24.6. The van der Waals surface area contributed by atoms with Crippen LogP contribution in [-0.4, -0.2) is 5.78 Å². The number of alkyl halides is 4. The Hall–Kier alpha value is -0.550. The largest absolute Gasteiger partial charge is 0.417 e. The molecule has 0 bridgehead atoms. The van der Waals surface area contributed by atoms with Crippen molar-refractivity contribution in [2.75, 3.05) is 0 Å². The zero-order valence-electron chi connectivity index (χ0n) is 9.86. The molecule has 1 aliphatic carbocycles. The molecule has 19 heavy (non-hydrogen) atoms. The summed E-state index contributed by atoms with van der Waals surface area (Å²) in [6.45, 7) is 0. The lowest BCUT2D eigenvalue weighted by Crippen LogP contribution is -2.32. The first-order valence-electron chi connectivity index (χ1n) is 5.84. The molecule has 0 N–H and O–H groups in total. The zero-order valence-corrected chi connectivity index (χ0v) is 12.2. The van der Waals surface area contributed by atoms with Gasteiger partial charge in [0.25, 0.3) is 0 Å². The SMILES string of the molecule is O=C1CCCCC1(Br)c1ccc(Cl)c(C(F)(F)F)c1. The average molecular weight is 356 g/mol. The van der Waals surface area contributed by atoms with Crippen molar-refractivity contribution in [3.63, 3.8) is 0 Å². The average Bonchev–Trinajstić information content (AvgIpc) is 2.32. The van der Waals surface area contributed by atoms with Gasteiger partial charge in [-0.3, -0.25) is 4.79 Å². The van der Waals surface area contributed by atoms with Crippen LogP contribution >= 0.6 is 27.5 Å². The van der Waals surface area contributed by atoms with Crippen LogP contribution in [0, 0.1) is 0 Å². The van der Waals surface area contributed by atoms with Crippen molar-refractivity contribution in [1.29, 1.82) is 0 Å². The van der Waals surface area contributed by atoms with E-state index in [1.54, 1.807) is 0 Å². The number of hydrogen-bond acceptors (Lipinski definition) is 1. The highest BCUT2D eigenvalue weighted by Crippen LogP contribution is 2.45. The van der Waals surface area contributed by atoms with Crippen LogP contribution in [0.25, 0.3) is 0 Å². The minimum Gasteiger partial charge on any atom is -0.298 e. The molecule has 6 heteroatoms. The number of ketones is 1. The zero-order chi connectivity index (χ0) is 14.3. The molecule has 0 saturated heterocycles. The predicted molar refractivity (Wildman–Crippen MR) is 70.5 cm³/mol. The summed E-state index contributed by atoms with van der Waals surface area (Å²) in [5.74, 6) is -0.0748. The fourth-order valence-corrected chi connectivity index (χ4v) is 3.24. The second-order valence-electron chi connectivity index (χ2n) is 4.62. The van der Waals surface area contributed by atoms with E-state index in [4.69, 9.17) is 11.6 Å². The van der Waals surface area contributed by atoms with Gasteiger partial charge >= 0.3 is 6.18 Å². The molecular formula is C13H11BrClF3O. The minimum atomic E-state index is -4.52. The van der Waals surface area contributed by atoms with Gasteiger partial charge in [-0.25, -0.2) is 0 Å². The third-order valence-electron chi connectivity index (χ3n) is 3.35. The van der Waals surface area contributed by atoms with Crippen molar-refractivity contribution < 1.29 is 18.0 Å². The standard InChI is InChI=1S/C13H11BrClF3O/c14-12(6-2-1-3-11(12)19)8-4-5-10(15)9(7-8)13(16,17)18/h4-5,7H,1-3,6H2. The molecule has 1 aromatic rings. The van der Waals surface area contributed by atoms with Crippen molar-refractivity contribution in [2.45, 2.75) is 36.2 Å². The minimum absolute atomic E-state index is 0.0748. The summed E-state index contributed by atoms with van der Waals surface area (Å²) in [5, 5.41) is -0.351. The molecule has 0 aliphatic heterocycles. The van der Waals surface area contributed by atoms with Gasteiger partial charge in [0.2, 0.25) is 0 Å². The second-order valence-corrected chi connectivity index (χ2v) is 6.38. The third kappa shape index (κ3) is 2.82. The molecule has 104 valence electrons. The Bertz CT molecular complexity index is 515. The first kappa shape index (κ1) is 14.9. The first-order valence-corrected chi connectivity index (χ1v) is 7.02. The van der Waals surface area contributed by atoms with Crippen LogP contribution in [0.3, 0.4) is 0 Å². The summed E-state index contributed by atoms with van der Waals surface area (Å²) in [5.41, 5.74) is -0.571. The lowest BCUT2D eigenvalue weighted by Gasteiger charge is -2.31. The van der Waals surface area contributed by atoms with E-state index in [9.17, 15) is 18.0 Å². The highest BCUT2D eigenvalue weighted by atomic mass is 79.9. The van der Waals surface area contributed by atoms with Crippen molar-refractivity contribution >= 4 is 33.3 Å². The van der Waals surface area contributed by atoms with Crippen molar-refractivity contribution in [1.82, 2.24) is 0 Å². The van der Waals surface area contributed by atoms with Crippen molar-refractivity contribution in [3.05, 3.63) is 34.3 Å². The van der Waals surface area contributed by atoms with Crippen LogP contribution in [0.1, 0.15) is 36.8 Å². The number of Topliss-reactive ketones (excluding diaryl/α,β-unsaturated/α-hetero) is 1. The maximum Gasteiger partial charge on any atom is 0.417 e. The van der Waals surface area contributed by atoms with Crippen LogP contribution in [0.2, 0.25) is 5.02 Å². The van der Waals surface area contributed by atoms with Crippen LogP contribution in [0.5, 0.6) is 0 Å². The summed E-state index contributed by atoms with van der Waals surface area (Å²) in [6.07, 6.45) is -2.04. The molecule has 0 spiro atoms. The van der Waals surface area contributed by atoms with E-state index in [1.807, 2.05) is 0 Å². The van der Waals surface area contributed by atoms with Gasteiger partial charge in [0.05, 0.1) is 10.6 Å². The number of carbonyl (C=O) groups excluding carboxylic acids is 1. The number of benzene rings is 1. The Morgan fingerprint density at radius 1 is 1.26 bits per heavy atom. The van der Waals surface area contributed by atoms with Crippen LogP contribution < -0.4 is 0 Å². The maximum absolute atomic E-state index is 12.8. The first-order chi connectivity index (χ1) is 8.75. The highest BCUT2D eigenvalue weighted by Gasteiger charge is 2.41. The summed E-state index contributed by atoms with van der Waals surface area (Å²) in [6, 6.07) is 3.65. The van der Waals surface area contributed by atoms with Gasteiger partial charge < -0.3 is 0 Å². The Morgan fingerprint density at radius 3 is 2.53 bits per heavy atom.